The molecule has 0 unspecified atom stereocenters. The van der Waals surface area contributed by atoms with E-state index in [1.165, 1.54) is 27.3 Å². The van der Waals surface area contributed by atoms with Gasteiger partial charge in [0.25, 0.3) is 5.91 Å². The van der Waals surface area contributed by atoms with Gasteiger partial charge >= 0.3 is 6.03 Å². The highest BCUT2D eigenvalue weighted by atomic mass is 16.2. The molecule has 5 nitrogen and oxygen atoms in total. The number of nitrogens with zero attached hydrogens (tertiary/aromatic N) is 3. The minimum Gasteiger partial charge on any atom is -0.315 e. The summed E-state index contributed by atoms with van der Waals surface area (Å²) in [5.74, 6) is 0.266. The average molecular weight is 259 g/mol. The molecular formula is C14H17N3O2. The summed E-state index contributed by atoms with van der Waals surface area (Å²) >= 11 is 0. The molecule has 0 spiro atoms. The average Bonchev–Trinajstić information content (AvgIpc) is 2.63. The molecule has 0 bridgehead atoms. The molecule has 0 N–H and O–H groups in total. The third-order valence-corrected chi connectivity index (χ3v) is 4.09. The van der Waals surface area contributed by atoms with Crippen molar-refractivity contribution in [3.8, 4) is 0 Å². The number of urea groups is 1. The SMILES string of the molecule is C[C@@H]1C(=O)N(c2cc3c(cn2)CCCC3)C(=O)N1C. The topological polar surface area (TPSA) is 53.5 Å². The molecule has 3 rings (SSSR count). The van der Waals surface area contributed by atoms with Crippen LogP contribution in [0.25, 0.3) is 0 Å². The van der Waals surface area contributed by atoms with E-state index in [2.05, 4.69) is 4.98 Å². The molecule has 1 aliphatic heterocycles. The lowest BCUT2D eigenvalue weighted by molar-refractivity contribution is -0.119. The van der Waals surface area contributed by atoms with E-state index in [0.717, 1.165) is 19.3 Å². The first kappa shape index (κ1) is 12.1. The van der Waals surface area contributed by atoms with Gasteiger partial charge in [0, 0.05) is 13.2 Å². The van der Waals surface area contributed by atoms with Crippen molar-refractivity contribution in [2.24, 2.45) is 0 Å². The highest BCUT2D eigenvalue weighted by Crippen LogP contribution is 2.27. The second kappa shape index (κ2) is 4.33. The highest BCUT2D eigenvalue weighted by Gasteiger charge is 2.42. The van der Waals surface area contributed by atoms with Gasteiger partial charge in [0.1, 0.15) is 11.9 Å². The van der Waals surface area contributed by atoms with Crippen molar-refractivity contribution in [3.05, 3.63) is 23.4 Å². The van der Waals surface area contributed by atoms with Crippen molar-refractivity contribution < 1.29 is 9.59 Å². The Morgan fingerprint density at radius 2 is 1.89 bits per heavy atom. The monoisotopic (exact) mass is 259 g/mol. The number of aromatic nitrogens is 1. The van der Waals surface area contributed by atoms with Crippen LogP contribution in [-0.2, 0) is 17.6 Å². The standard InChI is InChI=1S/C14H17N3O2/c1-9-13(18)17(14(19)16(9)2)12-7-10-5-3-4-6-11(10)8-15-12/h7-9H,3-6H2,1-2H3/t9-/m1/s1. The Balaban J connectivity index is 1.98. The Kier molecular flexibility index (Phi) is 2.77. The lowest BCUT2D eigenvalue weighted by atomic mass is 9.93. The molecule has 2 heterocycles. The van der Waals surface area contributed by atoms with E-state index in [1.807, 2.05) is 12.3 Å². The summed E-state index contributed by atoms with van der Waals surface area (Å²) in [6.45, 7) is 1.73. The minimum absolute atomic E-state index is 0.198. The van der Waals surface area contributed by atoms with E-state index in [4.69, 9.17) is 0 Å². The largest absolute Gasteiger partial charge is 0.333 e. The summed E-state index contributed by atoms with van der Waals surface area (Å²) in [6.07, 6.45) is 6.21. The van der Waals surface area contributed by atoms with Gasteiger partial charge in [-0.1, -0.05) is 0 Å². The van der Waals surface area contributed by atoms with E-state index in [-0.39, 0.29) is 11.9 Å². The Morgan fingerprint density at radius 3 is 2.53 bits per heavy atom. The summed E-state index contributed by atoms with van der Waals surface area (Å²) in [4.78, 5) is 31.1. The fourth-order valence-corrected chi connectivity index (χ4v) is 2.70. The van der Waals surface area contributed by atoms with Gasteiger partial charge in [-0.15, -0.1) is 0 Å². The number of imide groups is 1. The van der Waals surface area contributed by atoms with Gasteiger partial charge in [-0.2, -0.15) is 0 Å². The fraction of sp³-hybridized carbons (Fsp3) is 0.500. The van der Waals surface area contributed by atoms with Crippen LogP contribution in [-0.4, -0.2) is 34.9 Å². The summed E-state index contributed by atoms with van der Waals surface area (Å²) in [5, 5.41) is 0. The summed E-state index contributed by atoms with van der Waals surface area (Å²) in [7, 11) is 1.64. The predicted molar refractivity (Wildman–Crippen MR) is 71.0 cm³/mol. The maximum Gasteiger partial charge on any atom is 0.333 e. The molecule has 0 radical (unpaired) electrons. The molecule has 100 valence electrons. The van der Waals surface area contributed by atoms with Crippen LogP contribution in [0.15, 0.2) is 12.3 Å². The lowest BCUT2D eigenvalue weighted by Crippen LogP contribution is -2.32. The van der Waals surface area contributed by atoms with Crippen LogP contribution in [0.1, 0.15) is 30.9 Å². The maximum atomic E-state index is 12.1. The van der Waals surface area contributed by atoms with Gasteiger partial charge in [-0.25, -0.2) is 14.7 Å². The first-order valence-corrected chi connectivity index (χ1v) is 6.68. The molecule has 1 atom stereocenters. The summed E-state index contributed by atoms with van der Waals surface area (Å²) in [5.41, 5.74) is 2.47. The van der Waals surface area contributed by atoms with Crippen LogP contribution < -0.4 is 4.90 Å². The van der Waals surface area contributed by atoms with Gasteiger partial charge in [-0.05, 0) is 49.8 Å². The normalized spacial score (nSPS) is 22.9. The zero-order valence-corrected chi connectivity index (χ0v) is 11.2. The molecule has 1 aliphatic carbocycles. The predicted octanol–water partition coefficient (Wildman–Crippen LogP) is 1.75. The maximum absolute atomic E-state index is 12.1. The number of rotatable bonds is 1. The van der Waals surface area contributed by atoms with Gasteiger partial charge < -0.3 is 4.90 Å². The Bertz CT molecular complexity index is 536. The van der Waals surface area contributed by atoms with Crippen molar-refractivity contribution in [1.29, 1.82) is 0 Å². The zero-order chi connectivity index (χ0) is 13.6. The molecule has 3 amide bonds. The number of hydrogen-bond acceptors (Lipinski definition) is 3. The first-order valence-electron chi connectivity index (χ1n) is 6.68. The highest BCUT2D eigenvalue weighted by molar-refractivity contribution is 6.20. The van der Waals surface area contributed by atoms with Crippen LogP contribution >= 0.6 is 0 Å². The molecule has 1 aromatic rings. The first-order chi connectivity index (χ1) is 9.09. The number of anilines is 1. The number of pyridine rings is 1. The molecule has 0 saturated carbocycles. The lowest BCUT2D eigenvalue weighted by Gasteiger charge is -2.18. The molecular weight excluding hydrogens is 242 g/mol. The number of likely N-dealkylation sites (N-methyl/N-ethyl adjacent to an activating group) is 1. The molecule has 0 aromatic carbocycles. The van der Waals surface area contributed by atoms with E-state index < -0.39 is 6.04 Å². The van der Waals surface area contributed by atoms with Crippen LogP contribution in [0.2, 0.25) is 0 Å². The number of amides is 3. The quantitative estimate of drug-likeness (QED) is 0.722. The number of aryl methyl sites for hydroxylation is 2. The second-order valence-corrected chi connectivity index (χ2v) is 5.26. The Morgan fingerprint density at radius 1 is 1.21 bits per heavy atom. The number of hydrogen-bond donors (Lipinski definition) is 0. The van der Waals surface area contributed by atoms with Crippen molar-refractivity contribution >= 4 is 17.8 Å². The van der Waals surface area contributed by atoms with Crippen molar-refractivity contribution in [2.75, 3.05) is 11.9 Å². The molecule has 19 heavy (non-hydrogen) atoms. The number of carbonyl (C=O) groups is 2. The van der Waals surface area contributed by atoms with Gasteiger partial charge in [0.15, 0.2) is 0 Å². The molecule has 1 aromatic heterocycles. The number of carbonyl (C=O) groups excluding carboxylic acids is 2. The third-order valence-electron chi connectivity index (χ3n) is 4.09. The van der Waals surface area contributed by atoms with E-state index in [9.17, 15) is 9.59 Å². The van der Waals surface area contributed by atoms with E-state index in [1.54, 1.807) is 14.0 Å². The Labute approximate surface area is 112 Å². The van der Waals surface area contributed by atoms with Gasteiger partial charge in [-0.3, -0.25) is 4.79 Å². The van der Waals surface area contributed by atoms with Crippen molar-refractivity contribution in [2.45, 2.75) is 38.6 Å². The van der Waals surface area contributed by atoms with Crippen LogP contribution in [0.5, 0.6) is 0 Å². The van der Waals surface area contributed by atoms with E-state index in [0.29, 0.717) is 5.82 Å². The third kappa shape index (κ3) is 1.80. The molecule has 5 heteroatoms. The smallest absolute Gasteiger partial charge is 0.315 e. The van der Waals surface area contributed by atoms with Gasteiger partial charge in [0.05, 0.1) is 0 Å². The summed E-state index contributed by atoms with van der Waals surface area (Å²) < 4.78 is 0. The zero-order valence-electron chi connectivity index (χ0n) is 11.2. The minimum atomic E-state index is -0.412. The van der Waals surface area contributed by atoms with Crippen LogP contribution in [0.4, 0.5) is 10.6 Å². The molecule has 1 saturated heterocycles. The second-order valence-electron chi connectivity index (χ2n) is 5.26. The van der Waals surface area contributed by atoms with Gasteiger partial charge in [0.2, 0.25) is 0 Å². The van der Waals surface area contributed by atoms with Crippen molar-refractivity contribution in [3.63, 3.8) is 0 Å². The number of fused-ring (bicyclic) bond motifs is 1. The van der Waals surface area contributed by atoms with Crippen molar-refractivity contribution in [1.82, 2.24) is 9.88 Å². The fourth-order valence-electron chi connectivity index (χ4n) is 2.70. The van der Waals surface area contributed by atoms with E-state index >= 15 is 0 Å². The molecule has 2 aliphatic rings. The van der Waals surface area contributed by atoms with Crippen LogP contribution in [0.3, 0.4) is 0 Å². The Hall–Kier alpha value is -1.91. The molecule has 1 fully saturated rings. The van der Waals surface area contributed by atoms with Crippen LogP contribution in [0, 0.1) is 0 Å². The summed E-state index contributed by atoms with van der Waals surface area (Å²) in [6, 6.07) is 1.20.